The number of aromatic nitrogens is 1. The van der Waals surface area contributed by atoms with Crippen LogP contribution in [-0.4, -0.2) is 31.5 Å². The topological polar surface area (TPSA) is 85.4 Å². The minimum Gasteiger partial charge on any atom is -0.365 e. The van der Waals surface area contributed by atoms with Crippen molar-refractivity contribution < 1.29 is 17.9 Å². The molecular formula is C11H16N2O4S2. The van der Waals surface area contributed by atoms with Gasteiger partial charge < -0.3 is 4.74 Å². The maximum absolute atomic E-state index is 12.1. The van der Waals surface area contributed by atoms with Crippen LogP contribution in [0.3, 0.4) is 0 Å². The van der Waals surface area contributed by atoms with Gasteiger partial charge in [0.2, 0.25) is 0 Å². The van der Waals surface area contributed by atoms with E-state index in [1.165, 1.54) is 0 Å². The van der Waals surface area contributed by atoms with Crippen LogP contribution in [0.25, 0.3) is 0 Å². The number of sulfonamides is 1. The molecule has 2 rings (SSSR count). The summed E-state index contributed by atoms with van der Waals surface area (Å²) >= 11 is 1.05. The lowest BCUT2D eigenvalue weighted by Gasteiger charge is -2.11. The molecule has 0 bridgehead atoms. The Labute approximate surface area is 116 Å². The van der Waals surface area contributed by atoms with E-state index in [4.69, 9.17) is 4.74 Å². The van der Waals surface area contributed by atoms with Crippen molar-refractivity contribution in [3.63, 3.8) is 0 Å². The van der Waals surface area contributed by atoms with Gasteiger partial charge in [-0.15, -0.1) is 11.3 Å². The van der Waals surface area contributed by atoms with Gasteiger partial charge in [0.1, 0.15) is 6.10 Å². The Bertz CT molecular complexity index is 594. The summed E-state index contributed by atoms with van der Waals surface area (Å²) in [5.74, 6) is -0.602. The number of nitrogens with zero attached hydrogens (tertiary/aromatic N) is 1. The third-order valence-electron chi connectivity index (χ3n) is 2.86. The molecule has 1 aliphatic rings. The van der Waals surface area contributed by atoms with Gasteiger partial charge in [-0.25, -0.2) is 18.1 Å². The molecule has 6 nitrogen and oxygen atoms in total. The summed E-state index contributed by atoms with van der Waals surface area (Å²) in [4.78, 5) is 15.9. The van der Waals surface area contributed by atoms with E-state index in [1.54, 1.807) is 13.8 Å². The van der Waals surface area contributed by atoms with Crippen LogP contribution in [0.1, 0.15) is 30.5 Å². The Hall–Kier alpha value is -0.990. The highest BCUT2D eigenvalue weighted by Gasteiger charge is 2.32. The van der Waals surface area contributed by atoms with Crippen LogP contribution < -0.4 is 4.72 Å². The molecule has 0 unspecified atom stereocenters. The quantitative estimate of drug-likeness (QED) is 0.905. The third-order valence-corrected chi connectivity index (χ3v) is 5.89. The highest BCUT2D eigenvalue weighted by Crippen LogP contribution is 2.24. The van der Waals surface area contributed by atoms with Crippen molar-refractivity contribution in [2.75, 3.05) is 0 Å². The number of nitrogens with one attached hydrogen (secondary N) is 1. The number of carbonyl (C=O) groups excluding carboxylic acids is 1. The van der Waals surface area contributed by atoms with Crippen LogP contribution in [-0.2, 0) is 19.6 Å². The molecule has 8 heteroatoms. The summed E-state index contributed by atoms with van der Waals surface area (Å²) in [5, 5.41) is 0.649. The molecule has 1 saturated heterocycles. The SMILES string of the molecule is Cc1nc(C)c(S(=O)(=O)NC(=O)[C@@H]2CC[C@H](C)O2)s1. The predicted molar refractivity (Wildman–Crippen MR) is 70.5 cm³/mol. The fourth-order valence-electron chi connectivity index (χ4n) is 2.00. The summed E-state index contributed by atoms with van der Waals surface area (Å²) in [6.45, 7) is 5.19. The Morgan fingerprint density at radius 2 is 2.11 bits per heavy atom. The van der Waals surface area contributed by atoms with E-state index in [0.717, 1.165) is 17.8 Å². The van der Waals surface area contributed by atoms with E-state index in [1.807, 2.05) is 6.92 Å². The van der Waals surface area contributed by atoms with Crippen LogP contribution >= 0.6 is 11.3 Å². The first-order valence-electron chi connectivity index (χ1n) is 5.96. The second kappa shape index (κ2) is 5.18. The summed E-state index contributed by atoms with van der Waals surface area (Å²) in [5.41, 5.74) is 0.406. The molecule has 0 aliphatic carbocycles. The molecule has 0 aromatic carbocycles. The van der Waals surface area contributed by atoms with Crippen LogP contribution in [0, 0.1) is 13.8 Å². The van der Waals surface area contributed by atoms with Crippen LogP contribution in [0.15, 0.2) is 4.21 Å². The Morgan fingerprint density at radius 1 is 1.42 bits per heavy atom. The first-order chi connectivity index (χ1) is 8.79. The van der Waals surface area contributed by atoms with Gasteiger partial charge in [-0.1, -0.05) is 0 Å². The van der Waals surface area contributed by atoms with Gasteiger partial charge in [0, 0.05) is 0 Å². The molecule has 1 aliphatic heterocycles. The molecule has 106 valence electrons. The zero-order valence-electron chi connectivity index (χ0n) is 11.0. The number of thiazole rings is 1. The highest BCUT2D eigenvalue weighted by atomic mass is 32.2. The molecule has 1 fully saturated rings. The Kier molecular flexibility index (Phi) is 3.93. The minimum atomic E-state index is -3.85. The minimum absolute atomic E-state index is 0.00848. The van der Waals surface area contributed by atoms with E-state index in [-0.39, 0.29) is 10.3 Å². The van der Waals surface area contributed by atoms with Crippen molar-refractivity contribution in [1.29, 1.82) is 0 Å². The summed E-state index contributed by atoms with van der Waals surface area (Å²) in [6, 6.07) is 0. The number of rotatable bonds is 3. The van der Waals surface area contributed by atoms with Crippen molar-refractivity contribution in [3.05, 3.63) is 10.7 Å². The molecule has 1 aromatic rings. The third kappa shape index (κ3) is 3.13. The Morgan fingerprint density at radius 3 is 2.58 bits per heavy atom. The van der Waals surface area contributed by atoms with E-state index >= 15 is 0 Å². The van der Waals surface area contributed by atoms with Gasteiger partial charge in [0.25, 0.3) is 15.9 Å². The second-order valence-electron chi connectivity index (χ2n) is 4.59. The molecule has 1 aromatic heterocycles. The lowest BCUT2D eigenvalue weighted by Crippen LogP contribution is -2.38. The lowest BCUT2D eigenvalue weighted by molar-refractivity contribution is -0.129. The lowest BCUT2D eigenvalue weighted by atomic mass is 10.2. The second-order valence-corrected chi connectivity index (χ2v) is 7.67. The fourth-order valence-corrected chi connectivity index (χ4v) is 4.50. The van der Waals surface area contributed by atoms with Crippen molar-refractivity contribution >= 4 is 27.3 Å². The van der Waals surface area contributed by atoms with Crippen LogP contribution in [0.5, 0.6) is 0 Å². The Balaban J connectivity index is 2.13. The monoisotopic (exact) mass is 304 g/mol. The van der Waals surface area contributed by atoms with Gasteiger partial charge in [-0.05, 0) is 33.6 Å². The van der Waals surface area contributed by atoms with Gasteiger partial charge in [-0.3, -0.25) is 4.79 Å². The number of hydrogen-bond acceptors (Lipinski definition) is 6. The maximum Gasteiger partial charge on any atom is 0.275 e. The van der Waals surface area contributed by atoms with Crippen LogP contribution in [0.2, 0.25) is 0 Å². The largest absolute Gasteiger partial charge is 0.365 e. The summed E-state index contributed by atoms with van der Waals surface area (Å²) < 4.78 is 31.7. The molecule has 0 spiro atoms. The number of aryl methyl sites for hydroxylation is 2. The van der Waals surface area contributed by atoms with E-state index in [9.17, 15) is 13.2 Å². The predicted octanol–water partition coefficient (Wildman–Crippen LogP) is 1.13. The summed E-state index contributed by atoms with van der Waals surface area (Å²) in [7, 11) is -3.85. The van der Waals surface area contributed by atoms with Crippen molar-refractivity contribution in [2.45, 2.75) is 50.0 Å². The number of ether oxygens (including phenoxy) is 1. The highest BCUT2D eigenvalue weighted by molar-refractivity contribution is 7.92. The standard InChI is InChI=1S/C11H16N2O4S2/c1-6-4-5-9(17-6)10(14)13-19(15,16)11-7(2)12-8(3)18-11/h6,9H,4-5H2,1-3H3,(H,13,14)/t6-,9-/m0/s1. The zero-order chi connectivity index (χ0) is 14.2. The van der Waals surface area contributed by atoms with Gasteiger partial charge >= 0.3 is 0 Å². The molecular weight excluding hydrogens is 288 g/mol. The van der Waals surface area contributed by atoms with Gasteiger partial charge in [0.05, 0.1) is 16.8 Å². The first kappa shape index (κ1) is 14.4. The average molecular weight is 304 g/mol. The normalized spacial score (nSPS) is 23.5. The number of hydrogen-bond donors (Lipinski definition) is 1. The molecule has 0 radical (unpaired) electrons. The molecule has 2 atom stereocenters. The molecule has 1 amide bonds. The zero-order valence-corrected chi connectivity index (χ0v) is 12.6. The average Bonchev–Trinajstić information content (AvgIpc) is 2.84. The first-order valence-corrected chi connectivity index (χ1v) is 8.25. The number of amides is 1. The number of carbonyl (C=O) groups is 1. The van der Waals surface area contributed by atoms with Crippen molar-refractivity contribution in [2.24, 2.45) is 0 Å². The van der Waals surface area contributed by atoms with E-state index in [0.29, 0.717) is 17.1 Å². The van der Waals surface area contributed by atoms with Crippen molar-refractivity contribution in [1.82, 2.24) is 9.71 Å². The summed E-state index contributed by atoms with van der Waals surface area (Å²) in [6.07, 6.45) is 0.616. The molecule has 2 heterocycles. The molecule has 19 heavy (non-hydrogen) atoms. The van der Waals surface area contributed by atoms with E-state index in [2.05, 4.69) is 9.71 Å². The van der Waals surface area contributed by atoms with Crippen LogP contribution in [0.4, 0.5) is 0 Å². The molecule has 1 N–H and O–H groups in total. The fraction of sp³-hybridized carbons (Fsp3) is 0.636. The smallest absolute Gasteiger partial charge is 0.275 e. The van der Waals surface area contributed by atoms with Gasteiger partial charge in [-0.2, -0.15) is 0 Å². The molecule has 0 saturated carbocycles. The van der Waals surface area contributed by atoms with Gasteiger partial charge in [0.15, 0.2) is 4.21 Å². The van der Waals surface area contributed by atoms with Crippen molar-refractivity contribution in [3.8, 4) is 0 Å². The maximum atomic E-state index is 12.1. The van der Waals surface area contributed by atoms with E-state index < -0.39 is 22.0 Å².